The highest BCUT2D eigenvalue weighted by atomic mass is 79.9. The van der Waals surface area contributed by atoms with Crippen LogP contribution in [0.2, 0.25) is 0 Å². The molecule has 0 atom stereocenters. The molecule has 2 amide bonds. The molecule has 2 N–H and O–H groups in total. The number of hydrogen-bond donors (Lipinski definition) is 2. The average molecular weight is 523 g/mol. The van der Waals surface area contributed by atoms with E-state index in [-0.39, 0.29) is 17.4 Å². The van der Waals surface area contributed by atoms with Crippen LogP contribution in [0.5, 0.6) is 0 Å². The van der Waals surface area contributed by atoms with E-state index in [0.29, 0.717) is 20.5 Å². The van der Waals surface area contributed by atoms with Crippen molar-refractivity contribution in [1.82, 2.24) is 15.2 Å². The van der Waals surface area contributed by atoms with Gasteiger partial charge in [0.2, 0.25) is 0 Å². The first-order valence-corrected chi connectivity index (χ1v) is 10.1. The number of hydrogen-bond acceptors (Lipinski definition) is 5. The highest BCUT2D eigenvalue weighted by Crippen LogP contribution is 2.20. The fourth-order valence-corrected chi connectivity index (χ4v) is 3.23. The van der Waals surface area contributed by atoms with Crippen LogP contribution >= 0.6 is 31.9 Å². The van der Waals surface area contributed by atoms with Gasteiger partial charge in [-0.05, 0) is 75.5 Å². The second kappa shape index (κ2) is 8.75. The summed E-state index contributed by atoms with van der Waals surface area (Å²) in [5, 5.41) is 11.0. The van der Waals surface area contributed by atoms with Crippen LogP contribution in [0.25, 0.3) is 0 Å². The van der Waals surface area contributed by atoms with Crippen LogP contribution in [0.1, 0.15) is 39.2 Å². The molecule has 10 heteroatoms. The third kappa shape index (κ3) is 4.83. The Hall–Kier alpha value is -2.72. The van der Waals surface area contributed by atoms with E-state index in [1.54, 1.807) is 55.1 Å². The zero-order valence-electron chi connectivity index (χ0n) is 15.8. The number of furan rings is 1. The molecule has 0 unspecified atom stereocenters. The van der Waals surface area contributed by atoms with Crippen LogP contribution in [0.3, 0.4) is 0 Å². The highest BCUT2D eigenvalue weighted by molar-refractivity contribution is 9.10. The molecule has 0 bridgehead atoms. The van der Waals surface area contributed by atoms with E-state index in [1.165, 1.54) is 0 Å². The number of anilines is 1. The molecule has 150 valence electrons. The van der Waals surface area contributed by atoms with Gasteiger partial charge in [-0.2, -0.15) is 10.2 Å². The number of carbonyl (C=O) groups is 2. The van der Waals surface area contributed by atoms with Gasteiger partial charge in [-0.3, -0.25) is 14.3 Å². The standard InChI is InChI=1S/C19H17Br2N5O3/c1-10(23-24-19(28)17-16(21)11(2)26(3)25-17)12-4-6-13(7-5-12)22-18(27)14-8-9-15(20)29-14/h4-9H,1-3H3,(H,22,27)(H,24,28). The molecule has 0 aliphatic rings. The molecule has 0 radical (unpaired) electrons. The molecule has 3 aromatic rings. The summed E-state index contributed by atoms with van der Waals surface area (Å²) in [7, 11) is 1.76. The maximum Gasteiger partial charge on any atom is 0.293 e. The quantitative estimate of drug-likeness (QED) is 0.386. The molecule has 0 fully saturated rings. The lowest BCUT2D eigenvalue weighted by Gasteiger charge is -2.06. The van der Waals surface area contributed by atoms with E-state index >= 15 is 0 Å². The Labute approximate surface area is 183 Å². The number of halogens is 2. The average Bonchev–Trinajstić information content (AvgIpc) is 3.25. The molecular weight excluding hydrogens is 506 g/mol. The molecule has 3 rings (SSSR count). The van der Waals surface area contributed by atoms with E-state index in [1.807, 2.05) is 6.92 Å². The third-order valence-corrected chi connectivity index (χ3v) is 5.53. The Bertz CT molecular complexity index is 1100. The van der Waals surface area contributed by atoms with Gasteiger partial charge in [0.15, 0.2) is 16.1 Å². The van der Waals surface area contributed by atoms with E-state index in [0.717, 1.165) is 11.3 Å². The number of rotatable bonds is 5. The van der Waals surface area contributed by atoms with Gasteiger partial charge >= 0.3 is 0 Å². The molecule has 0 saturated carbocycles. The predicted molar refractivity (Wildman–Crippen MR) is 116 cm³/mol. The van der Waals surface area contributed by atoms with E-state index < -0.39 is 5.91 Å². The number of carbonyl (C=O) groups excluding carboxylic acids is 2. The maximum atomic E-state index is 12.3. The molecule has 2 aromatic heterocycles. The molecule has 0 aliphatic carbocycles. The lowest BCUT2D eigenvalue weighted by molar-refractivity contribution is 0.0947. The normalized spacial score (nSPS) is 11.4. The largest absolute Gasteiger partial charge is 0.444 e. The molecule has 0 aliphatic heterocycles. The van der Waals surface area contributed by atoms with Gasteiger partial charge in [0.25, 0.3) is 11.8 Å². The van der Waals surface area contributed by atoms with Crippen molar-refractivity contribution in [3.05, 3.63) is 68.3 Å². The highest BCUT2D eigenvalue weighted by Gasteiger charge is 2.17. The summed E-state index contributed by atoms with van der Waals surface area (Å²) in [5.74, 6) is -0.553. The Morgan fingerprint density at radius 3 is 2.34 bits per heavy atom. The summed E-state index contributed by atoms with van der Waals surface area (Å²) >= 11 is 6.52. The summed E-state index contributed by atoms with van der Waals surface area (Å²) < 4.78 is 7.96. The van der Waals surface area contributed by atoms with Crippen molar-refractivity contribution in [1.29, 1.82) is 0 Å². The maximum absolute atomic E-state index is 12.3. The molecule has 8 nitrogen and oxygen atoms in total. The topological polar surface area (TPSA) is 102 Å². The molecule has 1 aromatic carbocycles. The van der Waals surface area contributed by atoms with Crippen molar-refractivity contribution < 1.29 is 14.0 Å². The minimum absolute atomic E-state index is 0.206. The Morgan fingerprint density at radius 1 is 1.10 bits per heavy atom. The Kier molecular flexibility index (Phi) is 6.33. The third-order valence-electron chi connectivity index (χ3n) is 4.16. The van der Waals surface area contributed by atoms with Crippen LogP contribution in [0.15, 0.2) is 55.1 Å². The molecule has 0 spiro atoms. The number of hydrazone groups is 1. The lowest BCUT2D eigenvalue weighted by atomic mass is 10.1. The van der Waals surface area contributed by atoms with Gasteiger partial charge in [-0.15, -0.1) is 0 Å². The van der Waals surface area contributed by atoms with Gasteiger partial charge in [0.1, 0.15) is 0 Å². The number of amides is 2. The first kappa shape index (κ1) is 21.0. The van der Waals surface area contributed by atoms with Crippen molar-refractivity contribution in [2.75, 3.05) is 5.32 Å². The molecule has 29 heavy (non-hydrogen) atoms. The van der Waals surface area contributed by atoms with Crippen molar-refractivity contribution in [3.63, 3.8) is 0 Å². The van der Waals surface area contributed by atoms with Crippen molar-refractivity contribution in [2.24, 2.45) is 12.1 Å². The van der Waals surface area contributed by atoms with E-state index in [4.69, 9.17) is 4.42 Å². The van der Waals surface area contributed by atoms with E-state index in [9.17, 15) is 9.59 Å². The van der Waals surface area contributed by atoms with Gasteiger partial charge in [0.05, 0.1) is 15.9 Å². The van der Waals surface area contributed by atoms with Crippen LogP contribution in [-0.4, -0.2) is 27.3 Å². The molecular formula is C19H17Br2N5O3. The summed E-state index contributed by atoms with van der Waals surface area (Å²) in [6.07, 6.45) is 0. The SMILES string of the molecule is CC(=NNC(=O)c1nn(C)c(C)c1Br)c1ccc(NC(=O)c2ccc(Br)o2)cc1. The van der Waals surface area contributed by atoms with Gasteiger partial charge in [-0.1, -0.05) is 12.1 Å². The number of aryl methyl sites for hydroxylation is 1. The summed E-state index contributed by atoms with van der Waals surface area (Å²) in [6.45, 7) is 3.63. The van der Waals surface area contributed by atoms with Crippen LogP contribution in [0.4, 0.5) is 5.69 Å². The Morgan fingerprint density at radius 2 is 1.79 bits per heavy atom. The number of nitrogens with one attached hydrogen (secondary N) is 2. The van der Waals surface area contributed by atoms with Crippen molar-refractivity contribution in [2.45, 2.75) is 13.8 Å². The molecule has 0 saturated heterocycles. The van der Waals surface area contributed by atoms with Crippen molar-refractivity contribution in [3.8, 4) is 0 Å². The van der Waals surface area contributed by atoms with E-state index in [2.05, 4.69) is 52.8 Å². The summed E-state index contributed by atoms with van der Waals surface area (Å²) in [5.41, 5.74) is 5.62. The zero-order chi connectivity index (χ0) is 21.1. The Balaban J connectivity index is 1.65. The van der Waals surface area contributed by atoms with Gasteiger partial charge in [0, 0.05) is 12.7 Å². The first-order chi connectivity index (χ1) is 13.8. The number of nitrogens with zero attached hydrogens (tertiary/aromatic N) is 3. The number of benzene rings is 1. The summed E-state index contributed by atoms with van der Waals surface area (Å²) in [4.78, 5) is 24.4. The fraction of sp³-hybridized carbons (Fsp3) is 0.158. The monoisotopic (exact) mass is 521 g/mol. The van der Waals surface area contributed by atoms with Crippen LogP contribution in [0, 0.1) is 6.92 Å². The second-order valence-electron chi connectivity index (χ2n) is 6.14. The minimum Gasteiger partial charge on any atom is -0.444 e. The lowest BCUT2D eigenvalue weighted by Crippen LogP contribution is -2.20. The summed E-state index contributed by atoms with van der Waals surface area (Å²) in [6, 6.07) is 10.3. The predicted octanol–water partition coefficient (Wildman–Crippen LogP) is 4.25. The second-order valence-corrected chi connectivity index (χ2v) is 7.72. The first-order valence-electron chi connectivity index (χ1n) is 8.47. The van der Waals surface area contributed by atoms with Crippen molar-refractivity contribution >= 4 is 55.1 Å². The smallest absolute Gasteiger partial charge is 0.293 e. The van der Waals surface area contributed by atoms with Crippen LogP contribution in [-0.2, 0) is 7.05 Å². The van der Waals surface area contributed by atoms with Gasteiger partial charge in [-0.25, -0.2) is 5.43 Å². The van der Waals surface area contributed by atoms with Gasteiger partial charge < -0.3 is 9.73 Å². The molecule has 2 heterocycles. The zero-order valence-corrected chi connectivity index (χ0v) is 19.0. The number of aromatic nitrogens is 2. The van der Waals surface area contributed by atoms with Crippen LogP contribution < -0.4 is 10.7 Å². The fourth-order valence-electron chi connectivity index (χ4n) is 2.40. The minimum atomic E-state index is -0.409.